The van der Waals surface area contributed by atoms with Crippen molar-refractivity contribution >= 4 is 17.2 Å². The Hall–Kier alpha value is -1.55. The van der Waals surface area contributed by atoms with Gasteiger partial charge in [0.1, 0.15) is 5.76 Å². The first-order chi connectivity index (χ1) is 8.74. The standard InChI is InChI=1S/C14H15NO2S/c1-9(11-5-3-7-17-11)15-14(16)13-8-10-4-2-6-12(10)18-13/h3,5,7-9H,2,4,6H2,1H3,(H,15,16)/t9-/m0/s1. The highest BCUT2D eigenvalue weighted by Gasteiger charge is 2.20. The lowest BCUT2D eigenvalue weighted by atomic mass is 10.2. The number of fused-ring (bicyclic) bond motifs is 1. The van der Waals surface area contributed by atoms with E-state index in [0.717, 1.165) is 23.5 Å². The summed E-state index contributed by atoms with van der Waals surface area (Å²) in [4.78, 5) is 14.3. The minimum absolute atomic E-state index is 0.00157. The van der Waals surface area contributed by atoms with Crippen LogP contribution >= 0.6 is 11.3 Å². The van der Waals surface area contributed by atoms with Crippen LogP contribution in [0.5, 0.6) is 0 Å². The Morgan fingerprint density at radius 1 is 1.50 bits per heavy atom. The molecule has 0 spiro atoms. The lowest BCUT2D eigenvalue weighted by Gasteiger charge is -2.10. The number of carbonyl (C=O) groups is 1. The zero-order chi connectivity index (χ0) is 12.5. The van der Waals surface area contributed by atoms with Gasteiger partial charge in [-0.2, -0.15) is 0 Å². The van der Waals surface area contributed by atoms with Gasteiger partial charge in [0.05, 0.1) is 17.2 Å². The first kappa shape index (κ1) is 11.5. The molecule has 4 heteroatoms. The first-order valence-electron chi connectivity index (χ1n) is 6.20. The summed E-state index contributed by atoms with van der Waals surface area (Å²) in [6.07, 6.45) is 5.09. The first-order valence-corrected chi connectivity index (χ1v) is 7.01. The van der Waals surface area contributed by atoms with Crippen LogP contribution in [0.25, 0.3) is 0 Å². The van der Waals surface area contributed by atoms with Gasteiger partial charge >= 0.3 is 0 Å². The molecule has 0 bridgehead atoms. The molecule has 18 heavy (non-hydrogen) atoms. The summed E-state index contributed by atoms with van der Waals surface area (Å²) in [6.45, 7) is 1.93. The van der Waals surface area contributed by atoms with Crippen molar-refractivity contribution in [1.29, 1.82) is 0 Å². The van der Waals surface area contributed by atoms with E-state index in [4.69, 9.17) is 4.42 Å². The molecule has 0 fully saturated rings. The summed E-state index contributed by atoms with van der Waals surface area (Å²) >= 11 is 1.63. The van der Waals surface area contributed by atoms with Crippen molar-refractivity contribution in [3.63, 3.8) is 0 Å². The molecule has 0 saturated carbocycles. The van der Waals surface area contributed by atoms with Gasteiger partial charge in [-0.25, -0.2) is 0 Å². The molecule has 3 rings (SSSR count). The van der Waals surface area contributed by atoms with E-state index in [2.05, 4.69) is 5.32 Å². The maximum absolute atomic E-state index is 12.1. The molecule has 0 unspecified atom stereocenters. The zero-order valence-electron chi connectivity index (χ0n) is 10.2. The summed E-state index contributed by atoms with van der Waals surface area (Å²) in [5.74, 6) is 0.783. The second-order valence-electron chi connectivity index (χ2n) is 4.62. The molecule has 0 aliphatic heterocycles. The second kappa shape index (κ2) is 4.61. The number of furan rings is 1. The number of aryl methyl sites for hydroxylation is 2. The number of hydrogen-bond acceptors (Lipinski definition) is 3. The lowest BCUT2D eigenvalue weighted by Crippen LogP contribution is -2.25. The molecule has 1 aliphatic carbocycles. The van der Waals surface area contributed by atoms with Crippen molar-refractivity contribution in [1.82, 2.24) is 5.32 Å². The molecule has 2 heterocycles. The molecule has 94 valence electrons. The number of hydrogen-bond donors (Lipinski definition) is 1. The summed E-state index contributed by atoms with van der Waals surface area (Å²) < 4.78 is 5.28. The molecule has 0 radical (unpaired) electrons. The van der Waals surface area contributed by atoms with Gasteiger partial charge in [-0.3, -0.25) is 4.79 Å². The zero-order valence-corrected chi connectivity index (χ0v) is 11.0. The molecule has 0 saturated heterocycles. The Labute approximate surface area is 110 Å². The van der Waals surface area contributed by atoms with Crippen LogP contribution in [0, 0.1) is 0 Å². The predicted molar refractivity (Wildman–Crippen MR) is 70.9 cm³/mol. The van der Waals surface area contributed by atoms with E-state index in [1.807, 2.05) is 25.1 Å². The van der Waals surface area contributed by atoms with Gasteiger partial charge in [0.2, 0.25) is 0 Å². The van der Waals surface area contributed by atoms with E-state index >= 15 is 0 Å². The van der Waals surface area contributed by atoms with Crippen molar-refractivity contribution in [3.8, 4) is 0 Å². The Kier molecular flexibility index (Phi) is 2.96. The number of carbonyl (C=O) groups excluding carboxylic acids is 1. The smallest absolute Gasteiger partial charge is 0.261 e. The molecule has 1 amide bonds. The van der Waals surface area contributed by atoms with Gasteiger partial charge in [0.25, 0.3) is 5.91 Å². The maximum atomic E-state index is 12.1. The fraction of sp³-hybridized carbons (Fsp3) is 0.357. The molecule has 0 aromatic carbocycles. The van der Waals surface area contributed by atoms with E-state index in [1.165, 1.54) is 16.9 Å². The Balaban J connectivity index is 1.71. The fourth-order valence-corrected chi connectivity index (χ4v) is 3.47. The average molecular weight is 261 g/mol. The van der Waals surface area contributed by atoms with Gasteiger partial charge in [0, 0.05) is 4.88 Å². The minimum Gasteiger partial charge on any atom is -0.467 e. The van der Waals surface area contributed by atoms with Crippen LogP contribution in [0.1, 0.15) is 45.3 Å². The second-order valence-corrected chi connectivity index (χ2v) is 5.76. The van der Waals surface area contributed by atoms with E-state index < -0.39 is 0 Å². The Morgan fingerprint density at radius 3 is 3.11 bits per heavy atom. The summed E-state index contributed by atoms with van der Waals surface area (Å²) in [6, 6.07) is 5.65. The van der Waals surface area contributed by atoms with Gasteiger partial charge in [0.15, 0.2) is 0 Å². The Bertz CT molecular complexity index is 535. The normalized spacial score (nSPS) is 15.4. The van der Waals surface area contributed by atoms with Crippen LogP contribution in [0.4, 0.5) is 0 Å². The fourth-order valence-electron chi connectivity index (χ4n) is 2.32. The largest absolute Gasteiger partial charge is 0.467 e. The van der Waals surface area contributed by atoms with Gasteiger partial charge < -0.3 is 9.73 Å². The quantitative estimate of drug-likeness (QED) is 0.921. The topological polar surface area (TPSA) is 42.2 Å². The van der Waals surface area contributed by atoms with E-state index in [9.17, 15) is 4.79 Å². The van der Waals surface area contributed by atoms with E-state index in [0.29, 0.717) is 0 Å². The summed E-state index contributed by atoms with van der Waals surface area (Å²) in [5.41, 5.74) is 1.36. The van der Waals surface area contributed by atoms with Gasteiger partial charge in [-0.1, -0.05) is 0 Å². The molecule has 1 N–H and O–H groups in total. The number of nitrogens with one attached hydrogen (secondary N) is 1. The third-order valence-electron chi connectivity index (χ3n) is 3.29. The molecule has 1 atom stereocenters. The average Bonchev–Trinajstić information content (AvgIpc) is 3.05. The number of rotatable bonds is 3. The predicted octanol–water partition coefficient (Wildman–Crippen LogP) is 3.32. The molecular formula is C14H15NO2S. The van der Waals surface area contributed by atoms with Crippen LogP contribution < -0.4 is 5.32 Å². The monoisotopic (exact) mass is 261 g/mol. The van der Waals surface area contributed by atoms with Crippen LogP contribution in [-0.4, -0.2) is 5.91 Å². The highest BCUT2D eigenvalue weighted by molar-refractivity contribution is 7.14. The number of amides is 1. The van der Waals surface area contributed by atoms with Gasteiger partial charge in [-0.15, -0.1) is 11.3 Å². The molecule has 1 aliphatic rings. The number of thiophene rings is 1. The molecular weight excluding hydrogens is 246 g/mol. The van der Waals surface area contributed by atoms with Crippen molar-refractivity contribution in [2.24, 2.45) is 0 Å². The van der Waals surface area contributed by atoms with E-state index in [1.54, 1.807) is 17.6 Å². The van der Waals surface area contributed by atoms with Crippen molar-refractivity contribution in [2.45, 2.75) is 32.2 Å². The van der Waals surface area contributed by atoms with E-state index in [-0.39, 0.29) is 11.9 Å². The SMILES string of the molecule is C[C@H](NC(=O)c1cc2c(s1)CCC2)c1ccco1. The summed E-state index contributed by atoms with van der Waals surface area (Å²) in [5, 5.41) is 2.97. The van der Waals surface area contributed by atoms with Crippen molar-refractivity contribution in [2.75, 3.05) is 0 Å². The Morgan fingerprint density at radius 2 is 2.39 bits per heavy atom. The maximum Gasteiger partial charge on any atom is 0.261 e. The van der Waals surface area contributed by atoms with Crippen LogP contribution in [0.3, 0.4) is 0 Å². The third-order valence-corrected chi connectivity index (χ3v) is 4.52. The van der Waals surface area contributed by atoms with Crippen molar-refractivity contribution < 1.29 is 9.21 Å². The van der Waals surface area contributed by atoms with Crippen LogP contribution in [0.15, 0.2) is 28.9 Å². The van der Waals surface area contributed by atoms with Crippen LogP contribution in [0.2, 0.25) is 0 Å². The van der Waals surface area contributed by atoms with Crippen molar-refractivity contribution in [3.05, 3.63) is 45.5 Å². The third kappa shape index (κ3) is 2.08. The minimum atomic E-state index is -0.0931. The van der Waals surface area contributed by atoms with Gasteiger partial charge in [-0.05, 0) is 49.9 Å². The highest BCUT2D eigenvalue weighted by atomic mass is 32.1. The summed E-state index contributed by atoms with van der Waals surface area (Å²) in [7, 11) is 0. The highest BCUT2D eigenvalue weighted by Crippen LogP contribution is 2.30. The lowest BCUT2D eigenvalue weighted by molar-refractivity contribution is 0.0939. The van der Waals surface area contributed by atoms with Crippen LogP contribution in [-0.2, 0) is 12.8 Å². The molecule has 3 nitrogen and oxygen atoms in total. The molecule has 2 aromatic heterocycles. The molecule has 2 aromatic rings.